The maximum atomic E-state index is 11.9. The van der Waals surface area contributed by atoms with Gasteiger partial charge in [-0.15, -0.1) is 0 Å². The first kappa shape index (κ1) is 13.8. The van der Waals surface area contributed by atoms with Crippen LogP contribution < -0.4 is 15.8 Å². The van der Waals surface area contributed by atoms with Gasteiger partial charge in [0.05, 0.1) is 7.11 Å². The van der Waals surface area contributed by atoms with Gasteiger partial charge in [0.25, 0.3) is 5.91 Å². The van der Waals surface area contributed by atoms with Gasteiger partial charge in [-0.1, -0.05) is 5.16 Å². The zero-order valence-electron chi connectivity index (χ0n) is 10.3. The van der Waals surface area contributed by atoms with Crippen LogP contribution in [0.15, 0.2) is 23.5 Å². The molecule has 98 valence electrons. The Morgan fingerprint density at radius 2 is 2.44 bits per heavy atom. The van der Waals surface area contributed by atoms with Crippen LogP contribution in [0.1, 0.15) is 23.7 Å². The molecule has 0 spiro atoms. The molecule has 0 aliphatic heterocycles. The fraction of sp³-hybridized carbons (Fsp3) is 0.364. The molecule has 1 amide bonds. The number of carbonyl (C=O) groups excluding carboxylic acids is 1. The van der Waals surface area contributed by atoms with Crippen LogP contribution in [0.25, 0.3) is 0 Å². The van der Waals surface area contributed by atoms with Crippen LogP contribution in [0.2, 0.25) is 0 Å². The molecule has 7 heteroatoms. The van der Waals surface area contributed by atoms with Crippen molar-refractivity contribution in [1.82, 2.24) is 10.3 Å². The minimum atomic E-state index is -0.321. The van der Waals surface area contributed by atoms with Crippen molar-refractivity contribution in [3.05, 3.63) is 23.9 Å². The highest BCUT2D eigenvalue weighted by atomic mass is 16.5. The first-order valence-corrected chi connectivity index (χ1v) is 5.34. The predicted molar refractivity (Wildman–Crippen MR) is 65.7 cm³/mol. The largest absolute Gasteiger partial charge is 0.480 e. The van der Waals surface area contributed by atoms with Crippen LogP contribution in [-0.2, 0) is 0 Å². The summed E-state index contributed by atoms with van der Waals surface area (Å²) >= 11 is 0. The third kappa shape index (κ3) is 3.62. The van der Waals surface area contributed by atoms with Crippen molar-refractivity contribution >= 4 is 11.7 Å². The van der Waals surface area contributed by atoms with Crippen molar-refractivity contribution in [2.45, 2.75) is 19.4 Å². The number of rotatable bonds is 5. The minimum Gasteiger partial charge on any atom is -0.480 e. The maximum absolute atomic E-state index is 11.9. The number of carbonyl (C=O) groups is 1. The van der Waals surface area contributed by atoms with E-state index in [-0.39, 0.29) is 30.1 Å². The van der Waals surface area contributed by atoms with Crippen LogP contribution in [-0.4, -0.2) is 35.1 Å². The molecule has 0 aliphatic carbocycles. The van der Waals surface area contributed by atoms with Crippen LogP contribution in [0.3, 0.4) is 0 Å². The molecule has 0 radical (unpaired) electrons. The van der Waals surface area contributed by atoms with E-state index in [0.29, 0.717) is 5.56 Å². The molecule has 1 rings (SSSR count). The predicted octanol–water partition coefficient (Wildman–Crippen LogP) is 0.345. The minimum absolute atomic E-state index is 0.0564. The molecule has 1 heterocycles. The summed E-state index contributed by atoms with van der Waals surface area (Å²) in [6.07, 6.45) is 1.79. The number of nitrogens with one attached hydrogen (secondary N) is 1. The monoisotopic (exact) mass is 252 g/mol. The highest BCUT2D eigenvalue weighted by molar-refractivity contribution is 5.96. The Labute approximate surface area is 105 Å². The highest BCUT2D eigenvalue weighted by Crippen LogP contribution is 2.13. The second-order valence-corrected chi connectivity index (χ2v) is 3.73. The number of amides is 1. The average Bonchev–Trinajstić information content (AvgIpc) is 2.38. The smallest absolute Gasteiger partial charge is 0.256 e. The normalized spacial score (nSPS) is 12.9. The van der Waals surface area contributed by atoms with Gasteiger partial charge >= 0.3 is 0 Å². The number of methoxy groups -OCH3 is 1. The van der Waals surface area contributed by atoms with Gasteiger partial charge in [0.2, 0.25) is 5.88 Å². The molecule has 1 aromatic rings. The second-order valence-electron chi connectivity index (χ2n) is 3.73. The molecule has 0 fully saturated rings. The van der Waals surface area contributed by atoms with Gasteiger partial charge in [-0.2, -0.15) is 0 Å². The lowest BCUT2D eigenvalue weighted by molar-refractivity contribution is 0.0937. The van der Waals surface area contributed by atoms with Crippen molar-refractivity contribution < 1.29 is 14.7 Å². The van der Waals surface area contributed by atoms with Crippen LogP contribution in [0, 0.1) is 0 Å². The van der Waals surface area contributed by atoms with Crippen molar-refractivity contribution in [2.24, 2.45) is 10.9 Å². The zero-order chi connectivity index (χ0) is 13.5. The van der Waals surface area contributed by atoms with E-state index >= 15 is 0 Å². The molecule has 4 N–H and O–H groups in total. The third-order valence-corrected chi connectivity index (χ3v) is 2.23. The van der Waals surface area contributed by atoms with Crippen molar-refractivity contribution in [3.63, 3.8) is 0 Å². The average molecular weight is 252 g/mol. The van der Waals surface area contributed by atoms with Gasteiger partial charge in [0.1, 0.15) is 11.4 Å². The molecule has 1 aromatic heterocycles. The van der Waals surface area contributed by atoms with E-state index in [1.807, 2.05) is 0 Å². The van der Waals surface area contributed by atoms with E-state index in [1.165, 1.54) is 13.3 Å². The molecule has 0 saturated carbocycles. The van der Waals surface area contributed by atoms with E-state index < -0.39 is 0 Å². The molecule has 18 heavy (non-hydrogen) atoms. The number of nitrogens with zero attached hydrogens (tertiary/aromatic N) is 2. The first-order valence-electron chi connectivity index (χ1n) is 5.34. The summed E-state index contributed by atoms with van der Waals surface area (Å²) in [5.41, 5.74) is 5.70. The van der Waals surface area contributed by atoms with Crippen LogP contribution >= 0.6 is 0 Å². The Kier molecular flexibility index (Phi) is 4.91. The van der Waals surface area contributed by atoms with Gasteiger partial charge in [-0.25, -0.2) is 4.98 Å². The van der Waals surface area contributed by atoms with Gasteiger partial charge in [-0.3, -0.25) is 4.79 Å². The van der Waals surface area contributed by atoms with E-state index in [1.54, 1.807) is 19.1 Å². The number of hydrogen-bond acceptors (Lipinski definition) is 5. The summed E-state index contributed by atoms with van der Waals surface area (Å²) < 4.78 is 4.99. The first-order chi connectivity index (χ1) is 8.58. The Morgan fingerprint density at radius 3 is 3.06 bits per heavy atom. The Morgan fingerprint density at radius 1 is 1.72 bits per heavy atom. The number of hydrogen-bond donors (Lipinski definition) is 3. The van der Waals surface area contributed by atoms with Crippen molar-refractivity contribution in [3.8, 4) is 5.88 Å². The summed E-state index contributed by atoms with van der Waals surface area (Å²) in [5, 5.41) is 14.0. The number of amidine groups is 1. The highest BCUT2D eigenvalue weighted by Gasteiger charge is 2.15. The van der Waals surface area contributed by atoms with Gasteiger partial charge in [0, 0.05) is 18.7 Å². The number of oxime groups is 1. The molecule has 0 bridgehead atoms. The Hall–Kier alpha value is -2.31. The fourth-order valence-electron chi connectivity index (χ4n) is 1.43. The molecule has 0 aromatic carbocycles. The molecule has 1 unspecified atom stereocenters. The fourth-order valence-corrected chi connectivity index (χ4v) is 1.43. The zero-order valence-corrected chi connectivity index (χ0v) is 10.3. The Bertz CT molecular complexity index is 448. The van der Waals surface area contributed by atoms with Gasteiger partial charge in [0.15, 0.2) is 0 Å². The lowest BCUT2D eigenvalue weighted by Gasteiger charge is -2.13. The quantitative estimate of drug-likeness (QED) is 0.303. The molecule has 7 nitrogen and oxygen atoms in total. The third-order valence-electron chi connectivity index (χ3n) is 2.23. The van der Waals surface area contributed by atoms with Crippen molar-refractivity contribution in [1.29, 1.82) is 0 Å². The van der Waals surface area contributed by atoms with E-state index in [0.717, 1.165) is 0 Å². The van der Waals surface area contributed by atoms with Gasteiger partial charge < -0.3 is 21.0 Å². The molecular weight excluding hydrogens is 236 g/mol. The SMILES string of the molecule is COc1ncccc1C(=O)NC(C)CC(N)=NO. The van der Waals surface area contributed by atoms with Crippen molar-refractivity contribution in [2.75, 3.05) is 7.11 Å². The summed E-state index contributed by atoms with van der Waals surface area (Å²) in [5.74, 6) is -0.00913. The molecule has 0 aliphatic rings. The van der Waals surface area contributed by atoms with E-state index in [9.17, 15) is 4.79 Å². The standard InChI is InChI=1S/C11H16N4O3/c1-7(6-9(12)15-17)14-10(16)8-4-3-5-13-11(8)18-2/h3-5,7,17H,6H2,1-2H3,(H2,12,15)(H,14,16). The summed E-state index contributed by atoms with van der Waals surface area (Å²) in [6.45, 7) is 1.75. The van der Waals surface area contributed by atoms with Crippen LogP contribution in [0.4, 0.5) is 0 Å². The van der Waals surface area contributed by atoms with Gasteiger partial charge in [-0.05, 0) is 19.1 Å². The number of nitrogens with two attached hydrogens (primary N) is 1. The summed E-state index contributed by atoms with van der Waals surface area (Å²) in [7, 11) is 1.44. The Balaban J connectivity index is 2.70. The summed E-state index contributed by atoms with van der Waals surface area (Å²) in [4.78, 5) is 15.9. The summed E-state index contributed by atoms with van der Waals surface area (Å²) in [6, 6.07) is 2.99. The number of aromatic nitrogens is 1. The van der Waals surface area contributed by atoms with E-state index in [4.69, 9.17) is 15.7 Å². The van der Waals surface area contributed by atoms with Crippen LogP contribution in [0.5, 0.6) is 5.88 Å². The lowest BCUT2D eigenvalue weighted by atomic mass is 10.2. The molecule has 1 atom stereocenters. The molecule has 0 saturated heterocycles. The topological polar surface area (TPSA) is 110 Å². The second kappa shape index (κ2) is 6.43. The maximum Gasteiger partial charge on any atom is 0.256 e. The number of ether oxygens (including phenoxy) is 1. The number of pyridine rings is 1. The lowest BCUT2D eigenvalue weighted by Crippen LogP contribution is -2.36. The van der Waals surface area contributed by atoms with E-state index in [2.05, 4.69) is 15.5 Å². The molecular formula is C11H16N4O3.